The van der Waals surface area contributed by atoms with Gasteiger partial charge >= 0.3 is 11.9 Å². The molecule has 0 bridgehead atoms. The highest BCUT2D eigenvalue weighted by molar-refractivity contribution is 7.92. The Labute approximate surface area is 132 Å². The number of hydrogen-bond donors (Lipinski definition) is 2. The molecular formula is C15H13NO6S. The molecule has 8 heteroatoms. The van der Waals surface area contributed by atoms with E-state index in [0.717, 1.165) is 0 Å². The van der Waals surface area contributed by atoms with E-state index in [1.165, 1.54) is 55.6 Å². The van der Waals surface area contributed by atoms with Gasteiger partial charge in [-0.05, 0) is 42.5 Å². The summed E-state index contributed by atoms with van der Waals surface area (Å²) in [5, 5.41) is 8.81. The molecule has 7 nitrogen and oxygen atoms in total. The van der Waals surface area contributed by atoms with Crippen molar-refractivity contribution < 1.29 is 27.9 Å². The molecule has 0 radical (unpaired) electrons. The van der Waals surface area contributed by atoms with Crippen LogP contribution in [0.25, 0.3) is 0 Å². The van der Waals surface area contributed by atoms with E-state index >= 15 is 0 Å². The predicted molar refractivity (Wildman–Crippen MR) is 82.0 cm³/mol. The van der Waals surface area contributed by atoms with Gasteiger partial charge in [0.15, 0.2) is 0 Å². The molecule has 120 valence electrons. The third-order valence-corrected chi connectivity index (χ3v) is 4.33. The van der Waals surface area contributed by atoms with Crippen LogP contribution in [0.3, 0.4) is 0 Å². The summed E-state index contributed by atoms with van der Waals surface area (Å²) in [4.78, 5) is 22.1. The zero-order valence-corrected chi connectivity index (χ0v) is 12.8. The van der Waals surface area contributed by atoms with E-state index in [1.807, 2.05) is 0 Å². The maximum absolute atomic E-state index is 12.3. The van der Waals surface area contributed by atoms with Crippen LogP contribution in [0.2, 0.25) is 0 Å². The lowest BCUT2D eigenvalue weighted by molar-refractivity contribution is 0.0599. The smallest absolute Gasteiger partial charge is 0.337 e. The van der Waals surface area contributed by atoms with Gasteiger partial charge in [-0.25, -0.2) is 18.0 Å². The summed E-state index contributed by atoms with van der Waals surface area (Å²) in [6, 6.07) is 10.6. The van der Waals surface area contributed by atoms with Crippen molar-refractivity contribution >= 4 is 27.6 Å². The highest BCUT2D eigenvalue weighted by Crippen LogP contribution is 2.18. The summed E-state index contributed by atoms with van der Waals surface area (Å²) in [6.45, 7) is 0. The van der Waals surface area contributed by atoms with Crippen molar-refractivity contribution in [3.63, 3.8) is 0 Å². The van der Waals surface area contributed by atoms with E-state index < -0.39 is 22.0 Å². The number of rotatable bonds is 5. The minimum Gasteiger partial charge on any atom is -0.478 e. The Morgan fingerprint density at radius 3 is 2.26 bits per heavy atom. The lowest BCUT2D eigenvalue weighted by Crippen LogP contribution is -2.14. The standard InChI is InChI=1S/C15H13NO6S/c1-22-15(19)11-3-2-4-13(9-11)23(20,21)16-12-7-5-10(6-8-12)14(17)18/h2-9,16H,1H3,(H,17,18). The number of anilines is 1. The second kappa shape index (κ2) is 6.49. The minimum atomic E-state index is -3.92. The zero-order valence-electron chi connectivity index (χ0n) is 12.0. The Kier molecular flexibility index (Phi) is 4.65. The van der Waals surface area contributed by atoms with Crippen LogP contribution in [-0.2, 0) is 14.8 Å². The molecule has 0 unspecified atom stereocenters. The molecular weight excluding hydrogens is 322 g/mol. The molecule has 2 aromatic carbocycles. The number of ether oxygens (including phenoxy) is 1. The van der Waals surface area contributed by atoms with Crippen LogP contribution in [0, 0.1) is 0 Å². The van der Waals surface area contributed by atoms with Gasteiger partial charge in [0.2, 0.25) is 0 Å². The molecule has 0 amide bonds. The van der Waals surface area contributed by atoms with Crippen molar-refractivity contribution in [3.8, 4) is 0 Å². The fourth-order valence-corrected chi connectivity index (χ4v) is 2.91. The number of carboxylic acids is 1. The molecule has 23 heavy (non-hydrogen) atoms. The summed E-state index contributed by atoms with van der Waals surface area (Å²) >= 11 is 0. The first-order valence-corrected chi connectivity index (χ1v) is 7.86. The molecule has 0 fully saturated rings. The van der Waals surface area contributed by atoms with Crippen LogP contribution in [0.5, 0.6) is 0 Å². The molecule has 0 saturated carbocycles. The number of aromatic carboxylic acids is 1. The quantitative estimate of drug-likeness (QED) is 0.809. The fraction of sp³-hybridized carbons (Fsp3) is 0.0667. The molecule has 0 aliphatic heterocycles. The van der Waals surface area contributed by atoms with Crippen LogP contribution in [-0.4, -0.2) is 32.6 Å². The number of hydrogen-bond acceptors (Lipinski definition) is 5. The van der Waals surface area contributed by atoms with Crippen LogP contribution in [0.15, 0.2) is 53.4 Å². The molecule has 0 saturated heterocycles. The summed E-state index contributed by atoms with van der Waals surface area (Å²) in [5.41, 5.74) is 0.357. The average molecular weight is 335 g/mol. The number of methoxy groups -OCH3 is 1. The van der Waals surface area contributed by atoms with Gasteiger partial charge in [-0.1, -0.05) is 6.07 Å². The van der Waals surface area contributed by atoms with Gasteiger partial charge < -0.3 is 9.84 Å². The van der Waals surface area contributed by atoms with Crippen LogP contribution >= 0.6 is 0 Å². The Hall–Kier alpha value is -2.87. The molecule has 0 spiro atoms. The predicted octanol–water partition coefficient (Wildman–Crippen LogP) is 1.97. The molecule has 2 rings (SSSR count). The lowest BCUT2D eigenvalue weighted by Gasteiger charge is -2.09. The minimum absolute atomic E-state index is 0.0423. The van der Waals surface area contributed by atoms with E-state index in [2.05, 4.69) is 9.46 Å². The molecule has 0 heterocycles. The highest BCUT2D eigenvalue weighted by atomic mass is 32.2. The van der Waals surface area contributed by atoms with E-state index in [0.29, 0.717) is 0 Å². The van der Waals surface area contributed by atoms with Gasteiger partial charge in [0.05, 0.1) is 23.1 Å². The number of carboxylic acid groups (broad SMARTS) is 1. The van der Waals surface area contributed by atoms with Crippen molar-refractivity contribution in [2.75, 3.05) is 11.8 Å². The second-order valence-electron chi connectivity index (χ2n) is 4.51. The van der Waals surface area contributed by atoms with Crippen LogP contribution < -0.4 is 4.72 Å². The van der Waals surface area contributed by atoms with Crippen LogP contribution in [0.1, 0.15) is 20.7 Å². The number of carbonyl (C=O) groups is 2. The van der Waals surface area contributed by atoms with Crippen molar-refractivity contribution in [2.45, 2.75) is 4.90 Å². The Morgan fingerprint density at radius 1 is 1.04 bits per heavy atom. The summed E-state index contributed by atoms with van der Waals surface area (Å²) in [6.07, 6.45) is 0. The van der Waals surface area contributed by atoms with Gasteiger partial charge in [-0.2, -0.15) is 0 Å². The first-order chi connectivity index (χ1) is 10.8. The second-order valence-corrected chi connectivity index (χ2v) is 6.19. The first kappa shape index (κ1) is 16.5. The van der Waals surface area contributed by atoms with Gasteiger partial charge in [-0.3, -0.25) is 4.72 Å². The highest BCUT2D eigenvalue weighted by Gasteiger charge is 2.17. The van der Waals surface area contributed by atoms with Crippen molar-refractivity contribution in [1.82, 2.24) is 0 Å². The lowest BCUT2D eigenvalue weighted by atomic mass is 10.2. The maximum atomic E-state index is 12.3. The Morgan fingerprint density at radius 2 is 1.70 bits per heavy atom. The molecule has 2 N–H and O–H groups in total. The van der Waals surface area contributed by atoms with Gasteiger partial charge in [0.1, 0.15) is 0 Å². The normalized spacial score (nSPS) is 10.8. The maximum Gasteiger partial charge on any atom is 0.337 e. The number of benzene rings is 2. The Balaban J connectivity index is 2.28. The Bertz CT molecular complexity index is 843. The number of nitrogens with one attached hydrogen (secondary N) is 1. The van der Waals surface area contributed by atoms with Gasteiger partial charge in [0.25, 0.3) is 10.0 Å². The summed E-state index contributed by atoms with van der Waals surface area (Å²) in [7, 11) is -2.72. The average Bonchev–Trinajstić information content (AvgIpc) is 2.54. The monoisotopic (exact) mass is 335 g/mol. The zero-order chi connectivity index (χ0) is 17.0. The number of sulfonamides is 1. The molecule has 0 aliphatic carbocycles. The molecule has 0 aliphatic rings. The SMILES string of the molecule is COC(=O)c1cccc(S(=O)(=O)Nc2ccc(C(=O)O)cc2)c1. The third kappa shape index (κ3) is 3.86. The van der Waals surface area contributed by atoms with E-state index in [1.54, 1.807) is 0 Å². The van der Waals surface area contributed by atoms with E-state index in [4.69, 9.17) is 5.11 Å². The van der Waals surface area contributed by atoms with Gasteiger partial charge in [0, 0.05) is 5.69 Å². The van der Waals surface area contributed by atoms with Crippen LogP contribution in [0.4, 0.5) is 5.69 Å². The topological polar surface area (TPSA) is 110 Å². The van der Waals surface area contributed by atoms with E-state index in [9.17, 15) is 18.0 Å². The van der Waals surface area contributed by atoms with Crippen molar-refractivity contribution in [2.24, 2.45) is 0 Å². The number of esters is 1. The summed E-state index contributed by atoms with van der Waals surface area (Å²) in [5.74, 6) is -1.75. The van der Waals surface area contributed by atoms with Gasteiger partial charge in [-0.15, -0.1) is 0 Å². The number of carbonyl (C=O) groups excluding carboxylic acids is 1. The summed E-state index contributed by atoms with van der Waals surface area (Å²) < 4.78 is 31.5. The third-order valence-electron chi connectivity index (χ3n) is 2.95. The van der Waals surface area contributed by atoms with Crippen molar-refractivity contribution in [1.29, 1.82) is 0 Å². The van der Waals surface area contributed by atoms with Crippen molar-refractivity contribution in [3.05, 3.63) is 59.7 Å². The van der Waals surface area contributed by atoms with E-state index in [-0.39, 0.29) is 21.7 Å². The fourth-order valence-electron chi connectivity index (χ4n) is 1.80. The molecule has 0 atom stereocenters. The first-order valence-electron chi connectivity index (χ1n) is 6.38. The molecule has 0 aromatic heterocycles. The largest absolute Gasteiger partial charge is 0.478 e. The molecule has 2 aromatic rings.